The lowest BCUT2D eigenvalue weighted by Crippen LogP contribution is -2.44. The normalized spacial score (nSPS) is 14.6. The molecule has 0 spiro atoms. The van der Waals surface area contributed by atoms with E-state index in [2.05, 4.69) is 22.5 Å². The molecule has 6 heteroatoms. The summed E-state index contributed by atoms with van der Waals surface area (Å²) in [4.78, 5) is 16.1. The van der Waals surface area contributed by atoms with Crippen LogP contribution in [-0.2, 0) is 11.8 Å². The van der Waals surface area contributed by atoms with E-state index < -0.39 is 5.60 Å². The van der Waals surface area contributed by atoms with E-state index in [1.807, 2.05) is 45.5 Å². The fraction of sp³-hybridized carbons (Fsp3) is 0.733. The van der Waals surface area contributed by atoms with Crippen molar-refractivity contribution >= 4 is 6.09 Å². The first-order valence-corrected chi connectivity index (χ1v) is 7.43. The molecule has 120 valence electrons. The minimum atomic E-state index is -0.476. The number of carbonyl (C=O) groups excluding carboxylic acids is 1. The van der Waals surface area contributed by atoms with Gasteiger partial charge in [-0.1, -0.05) is 6.92 Å². The number of amides is 1. The Hall–Kier alpha value is -1.56. The molecule has 2 atom stereocenters. The van der Waals surface area contributed by atoms with Crippen LogP contribution in [0.3, 0.4) is 0 Å². The zero-order valence-electron chi connectivity index (χ0n) is 13.9. The predicted octanol–water partition coefficient (Wildman–Crippen LogP) is 2.37. The number of rotatable bonds is 6. The van der Waals surface area contributed by atoms with Gasteiger partial charge in [-0.15, -0.1) is 0 Å². The van der Waals surface area contributed by atoms with Crippen molar-refractivity contribution in [3.8, 4) is 0 Å². The van der Waals surface area contributed by atoms with E-state index in [9.17, 15) is 4.79 Å². The summed E-state index contributed by atoms with van der Waals surface area (Å²) in [6.45, 7) is 10.3. The molecule has 1 aromatic rings. The van der Waals surface area contributed by atoms with Gasteiger partial charge in [-0.3, -0.25) is 0 Å². The fourth-order valence-corrected chi connectivity index (χ4v) is 1.98. The zero-order valence-corrected chi connectivity index (χ0v) is 13.9. The summed E-state index contributed by atoms with van der Waals surface area (Å²) >= 11 is 0. The number of nitrogens with zero attached hydrogens (tertiary/aromatic N) is 2. The second-order valence-corrected chi connectivity index (χ2v) is 6.28. The smallest absolute Gasteiger partial charge is 0.407 e. The van der Waals surface area contributed by atoms with Crippen LogP contribution < -0.4 is 10.6 Å². The van der Waals surface area contributed by atoms with E-state index in [1.54, 1.807) is 6.20 Å². The van der Waals surface area contributed by atoms with Crippen LogP contribution >= 0.6 is 0 Å². The van der Waals surface area contributed by atoms with E-state index in [4.69, 9.17) is 4.74 Å². The number of nitrogens with one attached hydrogen (secondary N) is 2. The van der Waals surface area contributed by atoms with E-state index in [0.717, 1.165) is 12.2 Å². The monoisotopic (exact) mass is 296 g/mol. The van der Waals surface area contributed by atoms with Crippen molar-refractivity contribution in [2.24, 2.45) is 7.05 Å². The number of aromatic nitrogens is 2. The summed E-state index contributed by atoms with van der Waals surface area (Å²) in [7, 11) is 1.97. The number of ether oxygens (including phenoxy) is 1. The third-order valence-electron chi connectivity index (χ3n) is 3.13. The zero-order chi connectivity index (χ0) is 16.0. The number of hydrogen-bond donors (Lipinski definition) is 2. The average Bonchev–Trinajstić information content (AvgIpc) is 2.78. The Bertz CT molecular complexity index is 451. The molecular weight excluding hydrogens is 268 g/mol. The van der Waals surface area contributed by atoms with Crippen molar-refractivity contribution in [2.45, 2.75) is 58.7 Å². The lowest BCUT2D eigenvalue weighted by atomic mass is 10.2. The quantitative estimate of drug-likeness (QED) is 0.845. The predicted molar refractivity (Wildman–Crippen MR) is 83.1 cm³/mol. The van der Waals surface area contributed by atoms with Crippen LogP contribution in [0.2, 0.25) is 0 Å². The molecule has 6 nitrogen and oxygen atoms in total. The molecule has 0 aliphatic heterocycles. The van der Waals surface area contributed by atoms with E-state index in [0.29, 0.717) is 6.54 Å². The highest BCUT2D eigenvalue weighted by molar-refractivity contribution is 5.68. The van der Waals surface area contributed by atoms with Crippen LogP contribution in [-0.4, -0.2) is 33.8 Å². The van der Waals surface area contributed by atoms with Gasteiger partial charge in [-0.25, -0.2) is 9.78 Å². The second-order valence-electron chi connectivity index (χ2n) is 6.28. The highest BCUT2D eigenvalue weighted by Gasteiger charge is 2.19. The molecule has 0 radical (unpaired) electrons. The maximum absolute atomic E-state index is 11.8. The first kappa shape index (κ1) is 17.5. The molecule has 2 unspecified atom stereocenters. The van der Waals surface area contributed by atoms with Crippen LogP contribution in [0.4, 0.5) is 4.79 Å². The van der Waals surface area contributed by atoms with Crippen molar-refractivity contribution in [3.63, 3.8) is 0 Å². The van der Waals surface area contributed by atoms with Crippen LogP contribution in [0, 0.1) is 0 Å². The lowest BCUT2D eigenvalue weighted by Gasteiger charge is -2.24. The molecule has 0 aliphatic rings. The maximum atomic E-state index is 11.8. The number of aryl methyl sites for hydroxylation is 1. The van der Waals surface area contributed by atoms with Gasteiger partial charge >= 0.3 is 6.09 Å². The molecule has 0 bridgehead atoms. The van der Waals surface area contributed by atoms with Gasteiger partial charge in [0.05, 0.1) is 6.04 Å². The largest absolute Gasteiger partial charge is 0.444 e. The summed E-state index contributed by atoms with van der Waals surface area (Å²) < 4.78 is 7.26. The van der Waals surface area contributed by atoms with Crippen molar-refractivity contribution in [1.82, 2.24) is 20.2 Å². The Kier molecular flexibility index (Phi) is 6.20. The molecule has 1 aromatic heterocycles. The van der Waals surface area contributed by atoms with Crippen LogP contribution in [0.1, 0.15) is 52.9 Å². The maximum Gasteiger partial charge on any atom is 0.407 e. The Balaban J connectivity index is 2.44. The topological polar surface area (TPSA) is 68.2 Å². The third-order valence-corrected chi connectivity index (χ3v) is 3.13. The molecule has 0 aliphatic carbocycles. The highest BCUT2D eigenvalue weighted by atomic mass is 16.6. The Morgan fingerprint density at radius 2 is 2.14 bits per heavy atom. The van der Waals surface area contributed by atoms with Gasteiger partial charge in [0.15, 0.2) is 0 Å². The van der Waals surface area contributed by atoms with Crippen LogP contribution in [0.25, 0.3) is 0 Å². The van der Waals surface area contributed by atoms with E-state index in [-0.39, 0.29) is 18.2 Å². The van der Waals surface area contributed by atoms with Gasteiger partial charge in [0.1, 0.15) is 11.4 Å². The summed E-state index contributed by atoms with van der Waals surface area (Å²) in [5.74, 6) is 0.974. The van der Waals surface area contributed by atoms with Gasteiger partial charge in [0.25, 0.3) is 0 Å². The summed E-state index contributed by atoms with van der Waals surface area (Å²) in [6, 6.07) is 0.155. The van der Waals surface area contributed by atoms with Crippen molar-refractivity contribution in [1.29, 1.82) is 0 Å². The van der Waals surface area contributed by atoms with Crippen LogP contribution in [0.5, 0.6) is 0 Å². The lowest BCUT2D eigenvalue weighted by molar-refractivity contribution is 0.0502. The van der Waals surface area contributed by atoms with Crippen molar-refractivity contribution < 1.29 is 9.53 Å². The van der Waals surface area contributed by atoms with Gasteiger partial charge in [0, 0.05) is 32.0 Å². The molecule has 1 amide bonds. The summed E-state index contributed by atoms with van der Waals surface area (Å²) in [6.07, 6.45) is 4.16. The molecular formula is C15H28N4O2. The minimum Gasteiger partial charge on any atom is -0.444 e. The Morgan fingerprint density at radius 3 is 2.62 bits per heavy atom. The molecule has 0 fully saturated rings. The first-order chi connectivity index (χ1) is 9.73. The van der Waals surface area contributed by atoms with Gasteiger partial charge < -0.3 is 19.9 Å². The van der Waals surface area contributed by atoms with Crippen LogP contribution in [0.15, 0.2) is 12.4 Å². The Labute approximate surface area is 127 Å². The summed E-state index contributed by atoms with van der Waals surface area (Å²) in [5, 5.41) is 6.28. The standard InChI is InChI=1S/C15H28N4O2/c1-7-12(18-14(20)21-15(3,4)5)10-17-11(2)13-16-8-9-19(13)6/h8-9,11-12,17H,7,10H2,1-6H3,(H,18,20). The van der Waals surface area contributed by atoms with E-state index in [1.165, 1.54) is 0 Å². The molecule has 2 N–H and O–H groups in total. The molecule has 1 rings (SSSR count). The summed E-state index contributed by atoms with van der Waals surface area (Å²) in [5.41, 5.74) is -0.476. The van der Waals surface area contributed by atoms with Crippen molar-refractivity contribution in [2.75, 3.05) is 6.54 Å². The van der Waals surface area contributed by atoms with Gasteiger partial charge in [-0.2, -0.15) is 0 Å². The number of carbonyl (C=O) groups is 1. The number of hydrogen-bond acceptors (Lipinski definition) is 4. The third kappa shape index (κ3) is 6.16. The first-order valence-electron chi connectivity index (χ1n) is 7.43. The molecule has 21 heavy (non-hydrogen) atoms. The molecule has 0 aromatic carbocycles. The minimum absolute atomic E-state index is 0.0302. The molecule has 0 saturated carbocycles. The fourth-order valence-electron chi connectivity index (χ4n) is 1.98. The van der Waals surface area contributed by atoms with Gasteiger partial charge in [0.2, 0.25) is 0 Å². The second kappa shape index (κ2) is 7.45. The Morgan fingerprint density at radius 1 is 1.48 bits per heavy atom. The molecule has 0 saturated heterocycles. The van der Waals surface area contributed by atoms with Gasteiger partial charge in [-0.05, 0) is 34.1 Å². The number of imidazole rings is 1. The highest BCUT2D eigenvalue weighted by Crippen LogP contribution is 2.09. The van der Waals surface area contributed by atoms with Crippen molar-refractivity contribution in [3.05, 3.63) is 18.2 Å². The molecule has 1 heterocycles. The SMILES string of the molecule is CCC(CNC(C)c1nccn1C)NC(=O)OC(C)(C)C. The number of alkyl carbamates (subject to hydrolysis) is 1. The average molecular weight is 296 g/mol. The van der Waals surface area contributed by atoms with E-state index >= 15 is 0 Å².